The number of hydrogen-bond acceptors (Lipinski definition) is 5. The molecule has 0 atom stereocenters. The van der Waals surface area contributed by atoms with Gasteiger partial charge in [0.25, 0.3) is 11.8 Å². The first kappa shape index (κ1) is 35.6. The van der Waals surface area contributed by atoms with Crippen LogP contribution in [0.15, 0.2) is 36.4 Å². The zero-order valence-electron chi connectivity index (χ0n) is 22.9. The van der Waals surface area contributed by atoms with E-state index in [-0.39, 0.29) is 41.4 Å². The van der Waals surface area contributed by atoms with Crippen molar-refractivity contribution in [1.29, 1.82) is 0 Å². The van der Waals surface area contributed by atoms with Crippen molar-refractivity contribution in [3.8, 4) is 0 Å². The lowest BCUT2D eigenvalue weighted by Crippen LogP contribution is -2.50. The lowest BCUT2D eigenvalue weighted by atomic mass is 9.92. The van der Waals surface area contributed by atoms with E-state index in [1.165, 1.54) is 23.9 Å². The van der Waals surface area contributed by atoms with Crippen molar-refractivity contribution < 1.29 is 49.9 Å². The monoisotopic (exact) mass is 736 g/mol. The van der Waals surface area contributed by atoms with Gasteiger partial charge in [0, 0.05) is 31.9 Å². The summed E-state index contributed by atoms with van der Waals surface area (Å²) >= 11 is 3.26. The lowest BCUT2D eigenvalue weighted by molar-refractivity contribution is -0.348. The molecule has 0 radical (unpaired) electrons. The summed E-state index contributed by atoms with van der Waals surface area (Å²) in [6.45, 7) is 6.57. The quantitative estimate of drug-likeness (QED) is 0.109. The predicted octanol–water partition coefficient (Wildman–Crippen LogP) is 7.34. The first-order valence-electron chi connectivity index (χ1n) is 12.3. The number of esters is 1. The van der Waals surface area contributed by atoms with Gasteiger partial charge < -0.3 is 15.4 Å². The number of ether oxygens (including phenoxy) is 1. The van der Waals surface area contributed by atoms with Gasteiger partial charge >= 0.3 is 24.0 Å². The number of halogens is 8. The van der Waals surface area contributed by atoms with Gasteiger partial charge in [-0.1, -0.05) is 18.2 Å². The summed E-state index contributed by atoms with van der Waals surface area (Å²) in [5.74, 6) is -0.931. The van der Waals surface area contributed by atoms with Crippen molar-refractivity contribution in [3.05, 3.63) is 62.2 Å². The highest BCUT2D eigenvalue weighted by Crippen LogP contribution is 2.53. The fraction of sp³-hybridized carbons (Fsp3) is 0.444. The van der Waals surface area contributed by atoms with Gasteiger partial charge in [0.2, 0.25) is 0 Å². The Morgan fingerprint density at radius 1 is 0.952 bits per heavy atom. The van der Waals surface area contributed by atoms with Crippen LogP contribution >= 0.6 is 34.4 Å². The topological polar surface area (TPSA) is 84.5 Å². The summed E-state index contributed by atoms with van der Waals surface area (Å²) in [6, 6.07) is 5.79. The molecule has 0 aliphatic heterocycles. The Labute approximate surface area is 255 Å². The van der Waals surface area contributed by atoms with Gasteiger partial charge in [-0.25, -0.2) is 4.39 Å². The van der Waals surface area contributed by atoms with Crippen LogP contribution in [0, 0.1) is 10.5 Å². The summed E-state index contributed by atoms with van der Waals surface area (Å²) in [5, 5.41) is 5.21. The molecule has 0 saturated heterocycles. The molecule has 0 unspecified atom stereocenters. The highest BCUT2D eigenvalue weighted by atomic mass is 127. The second kappa shape index (κ2) is 13.8. The molecule has 2 rings (SSSR count). The maximum Gasteiger partial charge on any atom is 0.435 e. The van der Waals surface area contributed by atoms with Crippen molar-refractivity contribution in [2.24, 2.45) is 0 Å². The molecular weight excluding hydrogens is 708 g/mol. The zero-order valence-corrected chi connectivity index (χ0v) is 25.8. The molecule has 2 aromatic carbocycles. The highest BCUT2D eigenvalue weighted by Gasteiger charge is 2.73. The van der Waals surface area contributed by atoms with E-state index < -0.39 is 40.9 Å². The number of carbonyl (C=O) groups excluding carboxylic acids is 3. The van der Waals surface area contributed by atoms with Gasteiger partial charge in [-0.15, -0.1) is 0 Å². The number of alkyl halides is 7. The molecule has 42 heavy (non-hydrogen) atoms. The third-order valence-corrected chi connectivity index (χ3v) is 8.13. The second-order valence-electron chi connectivity index (χ2n) is 9.75. The molecule has 0 heterocycles. The number of amides is 2. The molecule has 0 saturated carbocycles. The number of carbonyl (C=O) groups is 3. The molecule has 15 heteroatoms. The number of rotatable bonds is 11. The van der Waals surface area contributed by atoms with E-state index in [2.05, 4.69) is 10.6 Å². The molecule has 0 aliphatic carbocycles. The van der Waals surface area contributed by atoms with Gasteiger partial charge in [0.1, 0.15) is 0 Å². The van der Waals surface area contributed by atoms with E-state index >= 15 is 0 Å². The fourth-order valence-electron chi connectivity index (χ4n) is 3.76. The van der Waals surface area contributed by atoms with Crippen LogP contribution in [0.25, 0.3) is 0 Å². The molecule has 232 valence electrons. The van der Waals surface area contributed by atoms with E-state index in [9.17, 15) is 45.1 Å². The number of anilines is 1. The molecule has 0 spiro atoms. The van der Waals surface area contributed by atoms with E-state index in [1.54, 1.807) is 26.8 Å². The first-order chi connectivity index (χ1) is 19.2. The number of thioether (sulfide) groups is 1. The number of hydrogen-bond donors (Lipinski definition) is 2. The van der Waals surface area contributed by atoms with E-state index in [4.69, 9.17) is 4.74 Å². The van der Waals surface area contributed by atoms with Crippen molar-refractivity contribution in [2.45, 2.75) is 57.7 Å². The van der Waals surface area contributed by atoms with Crippen molar-refractivity contribution in [3.63, 3.8) is 0 Å². The molecule has 6 nitrogen and oxygen atoms in total. The molecule has 2 N–H and O–H groups in total. The van der Waals surface area contributed by atoms with Crippen LogP contribution in [0.1, 0.15) is 59.0 Å². The maximum absolute atomic E-state index is 14.5. The normalized spacial score (nSPS) is 12.6. The lowest BCUT2D eigenvalue weighted by Gasteiger charge is -2.30. The molecule has 0 bridgehead atoms. The number of aryl methyl sites for hydroxylation is 1. The van der Waals surface area contributed by atoms with Crippen LogP contribution in [0.2, 0.25) is 0 Å². The van der Waals surface area contributed by atoms with Crippen molar-refractivity contribution in [2.75, 3.05) is 23.4 Å². The smallest absolute Gasteiger partial charge is 0.435 e. The van der Waals surface area contributed by atoms with Crippen LogP contribution in [0.3, 0.4) is 0 Å². The largest absolute Gasteiger partial charge is 0.466 e. The molecule has 2 aromatic rings. The third kappa shape index (κ3) is 8.51. The minimum atomic E-state index is -6.28. The second-order valence-corrected chi connectivity index (χ2v) is 12.0. The Balaban J connectivity index is 2.26. The van der Waals surface area contributed by atoms with E-state index in [0.29, 0.717) is 27.2 Å². The van der Waals surface area contributed by atoms with Gasteiger partial charge in [0.15, 0.2) is 0 Å². The summed E-state index contributed by atoms with van der Waals surface area (Å²) in [5.41, 5.74) is -8.64. The summed E-state index contributed by atoms with van der Waals surface area (Å²) in [4.78, 5) is 37.9. The molecular formula is C27H28F7IN2O4S. The molecule has 0 aromatic heterocycles. The van der Waals surface area contributed by atoms with Crippen molar-refractivity contribution >= 4 is 57.8 Å². The minimum absolute atomic E-state index is 0.00797. The highest BCUT2D eigenvalue weighted by molar-refractivity contribution is 14.1. The maximum atomic E-state index is 14.5. The minimum Gasteiger partial charge on any atom is -0.466 e. The average molecular weight is 736 g/mol. The standard InChI is InChI=1S/C27H28F7IN2O4S/c1-5-41-20(38)11-12-42-14-24(3,4)37-23(40)21-17(7-6-8-18(21)35)22(39)36-19-10-9-16(13-15(19)2)25(28,26(29,30)31)27(32,33)34/h6-10,13H,5,11-12,14H2,1-4H3,(H,36,39)(H,37,40). The average Bonchev–Trinajstić information content (AvgIpc) is 2.85. The van der Waals surface area contributed by atoms with E-state index in [0.717, 1.165) is 13.0 Å². The van der Waals surface area contributed by atoms with Crippen LogP contribution < -0.4 is 10.6 Å². The molecule has 0 fully saturated rings. The van der Waals surface area contributed by atoms with Gasteiger partial charge in [-0.05, 0) is 74.0 Å². The van der Waals surface area contributed by atoms with Gasteiger partial charge in [0.05, 0.1) is 24.2 Å². The van der Waals surface area contributed by atoms with Crippen LogP contribution in [-0.2, 0) is 15.2 Å². The van der Waals surface area contributed by atoms with Crippen LogP contribution in [0.4, 0.5) is 36.4 Å². The SMILES string of the molecule is CCOC(=O)CCSCC(C)(C)NC(=O)c1c(I)cccc1C(=O)Nc1ccc(C(F)(C(F)(F)F)C(F)(F)F)cc1C. The Bertz CT molecular complexity index is 1300. The summed E-state index contributed by atoms with van der Waals surface area (Å²) in [7, 11) is 0. The first-order valence-corrected chi connectivity index (χ1v) is 14.6. The Morgan fingerprint density at radius 3 is 2.12 bits per heavy atom. The summed E-state index contributed by atoms with van der Waals surface area (Å²) in [6.07, 6.45) is -12.4. The Morgan fingerprint density at radius 2 is 1.57 bits per heavy atom. The van der Waals surface area contributed by atoms with Crippen LogP contribution in [-0.4, -0.2) is 53.8 Å². The molecule has 0 aliphatic rings. The fourth-order valence-corrected chi connectivity index (χ4v) is 5.54. The summed E-state index contributed by atoms with van der Waals surface area (Å²) < 4.78 is 98.6. The van der Waals surface area contributed by atoms with Gasteiger partial charge in [-0.2, -0.15) is 38.1 Å². The predicted molar refractivity (Wildman–Crippen MR) is 153 cm³/mol. The van der Waals surface area contributed by atoms with Crippen molar-refractivity contribution in [1.82, 2.24) is 5.32 Å². The number of benzene rings is 2. The number of nitrogens with one attached hydrogen (secondary N) is 2. The van der Waals surface area contributed by atoms with Gasteiger partial charge in [-0.3, -0.25) is 14.4 Å². The Kier molecular flexibility index (Phi) is 11.7. The van der Waals surface area contributed by atoms with E-state index in [1.807, 2.05) is 22.6 Å². The molecule has 2 amide bonds. The zero-order chi connectivity index (χ0) is 32.1. The third-order valence-electron chi connectivity index (χ3n) is 5.81. The van der Waals surface area contributed by atoms with Crippen LogP contribution in [0.5, 0.6) is 0 Å². The Hall–Kier alpha value is -2.56.